The van der Waals surface area contributed by atoms with Crippen LogP contribution in [-0.4, -0.2) is 47.7 Å². The number of imidazole rings is 1. The van der Waals surface area contributed by atoms with E-state index < -0.39 is 0 Å². The standard InChI is InChI=1S/C18H23N3O3/c1-20-9-7-19-17(20)18(22)21-8-6-14(12-21)10-13-4-5-15(23-2)16(11-13)24-3/h4-5,7,9,11,14H,6,8,10,12H2,1-3H3. The molecule has 1 aliphatic heterocycles. The molecule has 1 aromatic carbocycles. The number of ether oxygens (including phenoxy) is 2. The van der Waals surface area contributed by atoms with Crippen LogP contribution < -0.4 is 9.47 Å². The summed E-state index contributed by atoms with van der Waals surface area (Å²) in [5.41, 5.74) is 1.20. The third kappa shape index (κ3) is 3.22. The molecule has 1 aliphatic rings. The van der Waals surface area contributed by atoms with Crippen LogP contribution >= 0.6 is 0 Å². The van der Waals surface area contributed by atoms with Gasteiger partial charge in [-0.2, -0.15) is 0 Å². The highest BCUT2D eigenvalue weighted by molar-refractivity contribution is 5.91. The van der Waals surface area contributed by atoms with Gasteiger partial charge in [0, 0.05) is 32.5 Å². The Bertz CT molecular complexity index is 726. The molecule has 2 heterocycles. The first-order valence-electron chi connectivity index (χ1n) is 8.10. The molecule has 2 aromatic rings. The number of rotatable bonds is 5. The van der Waals surface area contributed by atoms with Crippen LogP contribution in [0, 0.1) is 5.92 Å². The first kappa shape index (κ1) is 16.4. The van der Waals surface area contributed by atoms with Crippen LogP contribution in [0.4, 0.5) is 0 Å². The number of benzene rings is 1. The topological polar surface area (TPSA) is 56.6 Å². The number of hydrogen-bond donors (Lipinski definition) is 0. The third-order valence-corrected chi connectivity index (χ3v) is 4.56. The molecule has 1 amide bonds. The maximum absolute atomic E-state index is 12.5. The smallest absolute Gasteiger partial charge is 0.289 e. The highest BCUT2D eigenvalue weighted by Gasteiger charge is 2.28. The monoisotopic (exact) mass is 329 g/mol. The normalized spacial score (nSPS) is 17.1. The molecule has 128 valence electrons. The number of carbonyl (C=O) groups excluding carboxylic acids is 1. The minimum Gasteiger partial charge on any atom is -0.493 e. The Labute approximate surface area is 142 Å². The van der Waals surface area contributed by atoms with Crippen molar-refractivity contribution in [3.8, 4) is 11.5 Å². The quantitative estimate of drug-likeness (QED) is 0.843. The van der Waals surface area contributed by atoms with Gasteiger partial charge in [0.05, 0.1) is 14.2 Å². The summed E-state index contributed by atoms with van der Waals surface area (Å²) in [7, 11) is 5.12. The largest absolute Gasteiger partial charge is 0.493 e. The summed E-state index contributed by atoms with van der Waals surface area (Å²) in [5.74, 6) is 2.44. The number of nitrogens with zero attached hydrogens (tertiary/aromatic N) is 3. The zero-order valence-electron chi connectivity index (χ0n) is 14.4. The van der Waals surface area contributed by atoms with Crippen molar-refractivity contribution in [1.29, 1.82) is 0 Å². The number of aryl methyl sites for hydroxylation is 1. The zero-order chi connectivity index (χ0) is 17.1. The maximum Gasteiger partial charge on any atom is 0.289 e. The van der Waals surface area contributed by atoms with E-state index in [0.29, 0.717) is 11.7 Å². The summed E-state index contributed by atoms with van der Waals surface area (Å²) in [6, 6.07) is 6.01. The number of hydrogen-bond acceptors (Lipinski definition) is 4. The van der Waals surface area contributed by atoms with Gasteiger partial charge in [0.15, 0.2) is 17.3 Å². The fourth-order valence-electron chi connectivity index (χ4n) is 3.24. The van der Waals surface area contributed by atoms with Crippen molar-refractivity contribution in [2.45, 2.75) is 12.8 Å². The van der Waals surface area contributed by atoms with Crippen molar-refractivity contribution in [3.63, 3.8) is 0 Å². The van der Waals surface area contributed by atoms with E-state index in [2.05, 4.69) is 11.1 Å². The zero-order valence-corrected chi connectivity index (χ0v) is 14.4. The Morgan fingerprint density at radius 2 is 2.08 bits per heavy atom. The van der Waals surface area contributed by atoms with E-state index in [9.17, 15) is 4.79 Å². The molecule has 0 N–H and O–H groups in total. The van der Waals surface area contributed by atoms with Gasteiger partial charge in [0.2, 0.25) is 0 Å². The SMILES string of the molecule is COc1ccc(CC2CCN(C(=O)c3nccn3C)C2)cc1OC. The first-order chi connectivity index (χ1) is 11.6. The lowest BCUT2D eigenvalue weighted by Gasteiger charge is -2.16. The fourth-order valence-corrected chi connectivity index (χ4v) is 3.24. The molecule has 1 saturated heterocycles. The average molecular weight is 329 g/mol. The predicted molar refractivity (Wildman–Crippen MR) is 90.5 cm³/mol. The van der Waals surface area contributed by atoms with Crippen LogP contribution in [0.1, 0.15) is 22.6 Å². The molecular formula is C18H23N3O3. The van der Waals surface area contributed by atoms with E-state index in [0.717, 1.165) is 37.4 Å². The lowest BCUT2D eigenvalue weighted by atomic mass is 9.98. The van der Waals surface area contributed by atoms with Crippen LogP contribution in [0.15, 0.2) is 30.6 Å². The number of likely N-dealkylation sites (tertiary alicyclic amines) is 1. The van der Waals surface area contributed by atoms with Gasteiger partial charge in [-0.15, -0.1) is 0 Å². The second-order valence-corrected chi connectivity index (χ2v) is 6.16. The molecule has 1 fully saturated rings. The lowest BCUT2D eigenvalue weighted by Crippen LogP contribution is -2.31. The van der Waals surface area contributed by atoms with Crippen LogP contribution in [0.5, 0.6) is 11.5 Å². The van der Waals surface area contributed by atoms with E-state index in [1.54, 1.807) is 31.2 Å². The molecule has 0 bridgehead atoms. The van der Waals surface area contributed by atoms with Gasteiger partial charge in [0.1, 0.15) is 0 Å². The minimum absolute atomic E-state index is 0.0114. The average Bonchev–Trinajstić information content (AvgIpc) is 3.23. The number of amides is 1. The summed E-state index contributed by atoms with van der Waals surface area (Å²) >= 11 is 0. The maximum atomic E-state index is 12.5. The molecule has 6 heteroatoms. The second-order valence-electron chi connectivity index (χ2n) is 6.16. The van der Waals surface area contributed by atoms with Gasteiger partial charge in [-0.25, -0.2) is 4.98 Å². The van der Waals surface area contributed by atoms with Gasteiger partial charge < -0.3 is 18.9 Å². The number of aromatic nitrogens is 2. The van der Waals surface area contributed by atoms with Crippen molar-refractivity contribution < 1.29 is 14.3 Å². The molecule has 24 heavy (non-hydrogen) atoms. The molecule has 1 unspecified atom stereocenters. The Morgan fingerprint density at radius 1 is 1.29 bits per heavy atom. The van der Waals surface area contributed by atoms with E-state index in [1.807, 2.05) is 24.1 Å². The summed E-state index contributed by atoms with van der Waals surface area (Å²) in [6.45, 7) is 1.55. The Morgan fingerprint density at radius 3 is 2.75 bits per heavy atom. The Balaban J connectivity index is 1.64. The minimum atomic E-state index is 0.0114. The van der Waals surface area contributed by atoms with Crippen LogP contribution in [0.2, 0.25) is 0 Å². The van der Waals surface area contributed by atoms with Crippen molar-refractivity contribution in [2.75, 3.05) is 27.3 Å². The van der Waals surface area contributed by atoms with Gasteiger partial charge in [-0.1, -0.05) is 6.07 Å². The first-order valence-corrected chi connectivity index (χ1v) is 8.10. The molecule has 1 aromatic heterocycles. The predicted octanol–water partition coefficient (Wildman–Crippen LogP) is 2.14. The highest BCUT2D eigenvalue weighted by atomic mass is 16.5. The van der Waals surface area contributed by atoms with Crippen LogP contribution in [0.25, 0.3) is 0 Å². The molecule has 1 atom stereocenters. The van der Waals surface area contributed by atoms with Crippen molar-refractivity contribution in [3.05, 3.63) is 42.0 Å². The number of methoxy groups -OCH3 is 2. The van der Waals surface area contributed by atoms with Crippen molar-refractivity contribution in [1.82, 2.24) is 14.5 Å². The van der Waals surface area contributed by atoms with Gasteiger partial charge in [-0.05, 0) is 36.5 Å². The molecule has 0 aliphatic carbocycles. The van der Waals surface area contributed by atoms with Crippen LogP contribution in [-0.2, 0) is 13.5 Å². The van der Waals surface area contributed by atoms with Gasteiger partial charge in [-0.3, -0.25) is 4.79 Å². The van der Waals surface area contributed by atoms with E-state index in [1.165, 1.54) is 5.56 Å². The molecular weight excluding hydrogens is 306 g/mol. The molecule has 3 rings (SSSR count). The van der Waals surface area contributed by atoms with Crippen LogP contribution in [0.3, 0.4) is 0 Å². The van der Waals surface area contributed by atoms with E-state index in [4.69, 9.17) is 9.47 Å². The summed E-state index contributed by atoms with van der Waals surface area (Å²) in [4.78, 5) is 18.6. The molecule has 0 radical (unpaired) electrons. The van der Waals surface area contributed by atoms with Crippen molar-refractivity contribution in [2.24, 2.45) is 13.0 Å². The van der Waals surface area contributed by atoms with Crippen molar-refractivity contribution >= 4 is 5.91 Å². The molecule has 0 saturated carbocycles. The summed E-state index contributed by atoms with van der Waals surface area (Å²) in [5, 5.41) is 0. The third-order valence-electron chi connectivity index (χ3n) is 4.56. The second kappa shape index (κ2) is 6.95. The number of carbonyl (C=O) groups is 1. The molecule has 0 spiro atoms. The van der Waals surface area contributed by atoms with E-state index in [-0.39, 0.29) is 5.91 Å². The summed E-state index contributed by atoms with van der Waals surface area (Å²) < 4.78 is 12.4. The molecule has 6 nitrogen and oxygen atoms in total. The van der Waals surface area contributed by atoms with Gasteiger partial charge in [0.25, 0.3) is 5.91 Å². The highest BCUT2D eigenvalue weighted by Crippen LogP contribution is 2.30. The fraction of sp³-hybridized carbons (Fsp3) is 0.444. The Hall–Kier alpha value is -2.50. The summed E-state index contributed by atoms with van der Waals surface area (Å²) in [6.07, 6.45) is 5.38. The van der Waals surface area contributed by atoms with E-state index >= 15 is 0 Å². The Kier molecular flexibility index (Phi) is 4.74. The van der Waals surface area contributed by atoms with Gasteiger partial charge >= 0.3 is 0 Å². The lowest BCUT2D eigenvalue weighted by molar-refractivity contribution is 0.0771.